The van der Waals surface area contributed by atoms with Crippen molar-refractivity contribution < 1.29 is 13.2 Å². The molecule has 1 aliphatic rings. The zero-order valence-electron chi connectivity index (χ0n) is 18.2. The number of aryl methyl sites for hydroxylation is 2. The first kappa shape index (κ1) is 22.5. The molecule has 162 valence electrons. The van der Waals surface area contributed by atoms with Crippen LogP contribution in [0, 0.1) is 13.8 Å². The maximum absolute atomic E-state index is 13.0. The highest BCUT2D eigenvalue weighted by molar-refractivity contribution is 7.89. The highest BCUT2D eigenvalue weighted by atomic mass is 32.2. The second kappa shape index (κ2) is 9.29. The van der Waals surface area contributed by atoms with Gasteiger partial charge >= 0.3 is 0 Å². The van der Waals surface area contributed by atoms with Crippen LogP contribution >= 0.6 is 0 Å². The van der Waals surface area contributed by atoms with Crippen LogP contribution in [0.15, 0.2) is 53.4 Å². The number of hydrogen-bond donors (Lipinski definition) is 0. The molecule has 0 saturated carbocycles. The molecule has 0 bridgehead atoms. The largest absolute Gasteiger partial charge is 0.338 e. The maximum atomic E-state index is 13.0. The zero-order chi connectivity index (χ0) is 21.9. The predicted octanol–water partition coefficient (Wildman–Crippen LogP) is 2.83. The molecule has 3 rings (SSSR count). The Bertz CT molecular complexity index is 984. The Morgan fingerprint density at radius 1 is 1.00 bits per heavy atom. The molecule has 1 heterocycles. The molecule has 0 radical (unpaired) electrons. The van der Waals surface area contributed by atoms with Gasteiger partial charge in [0.1, 0.15) is 0 Å². The third-order valence-electron chi connectivity index (χ3n) is 6.06. The van der Waals surface area contributed by atoms with Crippen molar-refractivity contribution in [2.24, 2.45) is 0 Å². The minimum absolute atomic E-state index is 0.00913. The molecule has 1 saturated heterocycles. The van der Waals surface area contributed by atoms with E-state index in [9.17, 15) is 13.2 Å². The molecule has 7 heteroatoms. The average Bonchev–Trinajstić information content (AvgIpc) is 2.75. The number of benzene rings is 2. The lowest BCUT2D eigenvalue weighted by molar-refractivity contribution is -0.133. The molecular weight excluding hydrogens is 398 g/mol. The van der Waals surface area contributed by atoms with E-state index < -0.39 is 10.0 Å². The van der Waals surface area contributed by atoms with Gasteiger partial charge in [-0.15, -0.1) is 0 Å². The van der Waals surface area contributed by atoms with Gasteiger partial charge in [-0.2, -0.15) is 4.31 Å². The molecule has 1 amide bonds. The average molecular weight is 430 g/mol. The molecule has 6 nitrogen and oxygen atoms in total. The molecule has 1 atom stereocenters. The molecule has 1 aliphatic heterocycles. The lowest BCUT2D eigenvalue weighted by Gasteiger charge is -2.35. The fourth-order valence-corrected chi connectivity index (χ4v) is 5.13. The van der Waals surface area contributed by atoms with Crippen LogP contribution in [0.5, 0.6) is 0 Å². The minimum atomic E-state index is -3.51. The van der Waals surface area contributed by atoms with E-state index in [4.69, 9.17) is 0 Å². The van der Waals surface area contributed by atoms with Crippen LogP contribution in [0.4, 0.5) is 0 Å². The molecule has 0 N–H and O–H groups in total. The molecule has 2 aromatic carbocycles. The second-order valence-electron chi connectivity index (χ2n) is 8.02. The van der Waals surface area contributed by atoms with Crippen LogP contribution in [-0.4, -0.2) is 68.2 Å². The van der Waals surface area contributed by atoms with Gasteiger partial charge in [0, 0.05) is 33.2 Å². The van der Waals surface area contributed by atoms with Crippen LogP contribution < -0.4 is 0 Å². The van der Waals surface area contributed by atoms with Crippen LogP contribution in [0.25, 0.3) is 0 Å². The molecule has 1 fully saturated rings. The number of likely N-dealkylation sites (N-methyl/N-ethyl adjacent to an activating group) is 1. The first-order chi connectivity index (χ1) is 14.2. The normalized spacial score (nSPS) is 16.9. The Morgan fingerprint density at radius 2 is 1.63 bits per heavy atom. The number of piperazine rings is 1. The summed E-state index contributed by atoms with van der Waals surface area (Å²) in [5.41, 5.74) is 3.14. The number of sulfonamides is 1. The van der Waals surface area contributed by atoms with Gasteiger partial charge in [-0.3, -0.25) is 9.69 Å². The molecule has 0 aliphatic carbocycles. The fourth-order valence-electron chi connectivity index (χ4n) is 3.63. The Kier molecular flexibility index (Phi) is 6.95. The summed E-state index contributed by atoms with van der Waals surface area (Å²) in [4.78, 5) is 16.9. The number of carbonyl (C=O) groups is 1. The monoisotopic (exact) mass is 429 g/mol. The first-order valence-corrected chi connectivity index (χ1v) is 11.7. The van der Waals surface area contributed by atoms with E-state index in [2.05, 4.69) is 0 Å². The van der Waals surface area contributed by atoms with E-state index >= 15 is 0 Å². The van der Waals surface area contributed by atoms with Crippen molar-refractivity contribution in [3.8, 4) is 0 Å². The maximum Gasteiger partial charge on any atom is 0.243 e. The van der Waals surface area contributed by atoms with E-state index in [1.54, 1.807) is 17.0 Å². The van der Waals surface area contributed by atoms with E-state index in [0.717, 1.165) is 16.7 Å². The van der Waals surface area contributed by atoms with Crippen molar-refractivity contribution in [2.45, 2.75) is 31.7 Å². The van der Waals surface area contributed by atoms with E-state index in [1.165, 1.54) is 4.31 Å². The van der Waals surface area contributed by atoms with Crippen LogP contribution in [0.1, 0.15) is 29.7 Å². The van der Waals surface area contributed by atoms with Gasteiger partial charge in [-0.1, -0.05) is 36.4 Å². The number of carbonyl (C=O) groups excluding carboxylic acids is 1. The number of nitrogens with zero attached hydrogens (tertiary/aromatic N) is 3. The molecular formula is C23H31N3O3S. The summed E-state index contributed by atoms with van der Waals surface area (Å²) in [6.07, 6.45) is 0. The Labute approximate surface area is 180 Å². The zero-order valence-corrected chi connectivity index (χ0v) is 19.0. The summed E-state index contributed by atoms with van der Waals surface area (Å²) in [5.74, 6) is 0.0387. The molecule has 0 aromatic heterocycles. The highest BCUT2D eigenvalue weighted by Gasteiger charge is 2.30. The van der Waals surface area contributed by atoms with Crippen LogP contribution in [0.3, 0.4) is 0 Å². The Hall–Kier alpha value is -2.22. The van der Waals surface area contributed by atoms with Gasteiger partial charge in [0.15, 0.2) is 0 Å². The van der Waals surface area contributed by atoms with Gasteiger partial charge in [0.05, 0.1) is 17.5 Å². The number of amides is 1. The molecule has 1 unspecified atom stereocenters. The smallest absolute Gasteiger partial charge is 0.243 e. The summed E-state index contributed by atoms with van der Waals surface area (Å²) in [6.45, 7) is 8.07. The third-order valence-corrected chi connectivity index (χ3v) is 7.96. The van der Waals surface area contributed by atoms with Crippen molar-refractivity contribution in [3.05, 3.63) is 65.2 Å². The summed E-state index contributed by atoms with van der Waals surface area (Å²) < 4.78 is 27.5. The van der Waals surface area contributed by atoms with Gasteiger partial charge in [-0.05, 0) is 49.6 Å². The van der Waals surface area contributed by atoms with E-state index in [-0.39, 0.29) is 11.9 Å². The molecule has 2 aromatic rings. The minimum Gasteiger partial charge on any atom is -0.338 e. The lowest BCUT2D eigenvalue weighted by atomic mass is 10.1. The summed E-state index contributed by atoms with van der Waals surface area (Å²) >= 11 is 0. The Balaban J connectivity index is 1.57. The van der Waals surface area contributed by atoms with Crippen molar-refractivity contribution in [1.29, 1.82) is 0 Å². The summed E-state index contributed by atoms with van der Waals surface area (Å²) in [5, 5.41) is 0. The predicted molar refractivity (Wildman–Crippen MR) is 119 cm³/mol. The summed E-state index contributed by atoms with van der Waals surface area (Å²) in [7, 11) is -1.69. The highest BCUT2D eigenvalue weighted by Crippen LogP contribution is 2.21. The quantitative estimate of drug-likeness (QED) is 0.709. The molecule has 30 heavy (non-hydrogen) atoms. The van der Waals surface area contributed by atoms with Crippen molar-refractivity contribution in [3.63, 3.8) is 0 Å². The van der Waals surface area contributed by atoms with Crippen molar-refractivity contribution >= 4 is 15.9 Å². The topological polar surface area (TPSA) is 60.9 Å². The Morgan fingerprint density at radius 3 is 2.23 bits per heavy atom. The third kappa shape index (κ3) is 4.91. The van der Waals surface area contributed by atoms with Crippen LogP contribution in [0.2, 0.25) is 0 Å². The van der Waals surface area contributed by atoms with Crippen molar-refractivity contribution in [1.82, 2.24) is 14.1 Å². The lowest BCUT2D eigenvalue weighted by Crippen LogP contribution is -2.51. The van der Waals surface area contributed by atoms with Gasteiger partial charge in [0.25, 0.3) is 0 Å². The van der Waals surface area contributed by atoms with E-state index in [0.29, 0.717) is 37.6 Å². The number of hydrogen-bond acceptors (Lipinski definition) is 4. The van der Waals surface area contributed by atoms with E-state index in [1.807, 2.05) is 69.1 Å². The van der Waals surface area contributed by atoms with Gasteiger partial charge in [-0.25, -0.2) is 8.42 Å². The standard InChI is InChI=1S/C23H31N3O3S/c1-18-10-11-22(16-19(18)2)30(28,29)26-14-12-25(13-15-26)17-23(27)24(4)20(3)21-8-6-5-7-9-21/h5-11,16,20H,12-15,17H2,1-4H3. The second-order valence-corrected chi connectivity index (χ2v) is 9.96. The fraction of sp³-hybridized carbons (Fsp3) is 0.435. The van der Waals surface area contributed by atoms with Gasteiger partial charge < -0.3 is 4.90 Å². The number of rotatable bonds is 6. The molecule has 0 spiro atoms. The van der Waals surface area contributed by atoms with Crippen LogP contribution in [-0.2, 0) is 14.8 Å². The SMILES string of the molecule is Cc1ccc(S(=O)(=O)N2CCN(CC(=O)N(C)C(C)c3ccccc3)CC2)cc1C. The van der Waals surface area contributed by atoms with Crippen molar-refractivity contribution in [2.75, 3.05) is 39.8 Å². The van der Waals surface area contributed by atoms with Gasteiger partial charge in [0.2, 0.25) is 15.9 Å². The summed E-state index contributed by atoms with van der Waals surface area (Å²) in [6, 6.07) is 15.2. The first-order valence-electron chi connectivity index (χ1n) is 10.3.